The van der Waals surface area contributed by atoms with Gasteiger partial charge in [-0.15, -0.1) is 0 Å². The normalized spacial score (nSPS) is 22.3. The molecule has 1 aromatic rings. The number of likely N-dealkylation sites (tertiary alicyclic amines) is 1. The van der Waals surface area contributed by atoms with Gasteiger partial charge in [-0.1, -0.05) is 35.0 Å². The van der Waals surface area contributed by atoms with Gasteiger partial charge >= 0.3 is 0 Å². The van der Waals surface area contributed by atoms with E-state index in [4.69, 9.17) is 5.73 Å². The lowest BCUT2D eigenvalue weighted by molar-refractivity contribution is 0.180. The summed E-state index contributed by atoms with van der Waals surface area (Å²) >= 11 is 3.70. The third kappa shape index (κ3) is 2.79. The van der Waals surface area contributed by atoms with Crippen LogP contribution in [0.2, 0.25) is 0 Å². The molecular formula is C15H23BrN2. The molecule has 0 saturated carbocycles. The van der Waals surface area contributed by atoms with E-state index >= 15 is 0 Å². The van der Waals surface area contributed by atoms with Crippen LogP contribution in [0.1, 0.15) is 43.4 Å². The van der Waals surface area contributed by atoms with Crippen LogP contribution in [0.3, 0.4) is 0 Å². The summed E-state index contributed by atoms with van der Waals surface area (Å²) in [5.41, 5.74) is 8.67. The highest BCUT2D eigenvalue weighted by Crippen LogP contribution is 2.34. The Morgan fingerprint density at radius 1 is 1.50 bits per heavy atom. The molecule has 2 atom stereocenters. The van der Waals surface area contributed by atoms with Crippen molar-refractivity contribution in [1.29, 1.82) is 0 Å². The zero-order valence-corrected chi connectivity index (χ0v) is 12.9. The largest absolute Gasteiger partial charge is 0.329 e. The summed E-state index contributed by atoms with van der Waals surface area (Å²) < 4.78 is 1.19. The molecule has 1 fully saturated rings. The fourth-order valence-corrected chi connectivity index (χ4v) is 3.81. The average Bonchev–Trinajstić information content (AvgIpc) is 2.81. The molecule has 3 heteroatoms. The monoisotopic (exact) mass is 310 g/mol. The van der Waals surface area contributed by atoms with Gasteiger partial charge in [-0.2, -0.15) is 0 Å². The zero-order chi connectivity index (χ0) is 13.1. The first kappa shape index (κ1) is 14.0. The van der Waals surface area contributed by atoms with Gasteiger partial charge in [-0.05, 0) is 49.9 Å². The predicted molar refractivity (Wildman–Crippen MR) is 80.7 cm³/mol. The lowest BCUT2D eigenvalue weighted by atomic mass is 10.0. The van der Waals surface area contributed by atoms with Crippen molar-refractivity contribution in [2.24, 2.45) is 5.73 Å². The van der Waals surface area contributed by atoms with Crippen molar-refractivity contribution >= 4 is 15.9 Å². The molecule has 1 saturated heterocycles. The van der Waals surface area contributed by atoms with Crippen molar-refractivity contribution in [3.05, 3.63) is 33.8 Å². The van der Waals surface area contributed by atoms with Crippen LogP contribution >= 0.6 is 15.9 Å². The van der Waals surface area contributed by atoms with Crippen LogP contribution in [-0.4, -0.2) is 24.0 Å². The van der Waals surface area contributed by atoms with Crippen LogP contribution < -0.4 is 5.73 Å². The molecule has 1 aliphatic heterocycles. The topological polar surface area (TPSA) is 29.3 Å². The molecule has 0 aromatic heterocycles. The minimum Gasteiger partial charge on any atom is -0.329 e. The quantitative estimate of drug-likeness (QED) is 0.920. The van der Waals surface area contributed by atoms with E-state index < -0.39 is 0 Å². The second-order valence-corrected chi connectivity index (χ2v) is 6.07. The molecule has 0 spiro atoms. The minimum absolute atomic E-state index is 0.354. The molecule has 0 radical (unpaired) electrons. The Morgan fingerprint density at radius 3 is 2.89 bits per heavy atom. The summed E-state index contributed by atoms with van der Waals surface area (Å²) in [5.74, 6) is 0. The molecule has 100 valence electrons. The first-order valence-electron chi connectivity index (χ1n) is 6.89. The molecule has 2 unspecified atom stereocenters. The molecule has 1 heterocycles. The maximum Gasteiger partial charge on any atom is 0.0484 e. The summed E-state index contributed by atoms with van der Waals surface area (Å²) in [5, 5.41) is 0. The molecule has 2 nitrogen and oxygen atoms in total. The Balaban J connectivity index is 2.27. The third-order valence-corrected chi connectivity index (χ3v) is 4.72. The van der Waals surface area contributed by atoms with Crippen LogP contribution in [0.4, 0.5) is 0 Å². The van der Waals surface area contributed by atoms with E-state index in [0.717, 1.165) is 0 Å². The van der Waals surface area contributed by atoms with E-state index in [0.29, 0.717) is 18.6 Å². The van der Waals surface area contributed by atoms with Crippen LogP contribution in [0, 0.1) is 6.92 Å². The van der Waals surface area contributed by atoms with Gasteiger partial charge in [0.15, 0.2) is 0 Å². The lowest BCUT2D eigenvalue weighted by Crippen LogP contribution is -2.37. The summed E-state index contributed by atoms with van der Waals surface area (Å²) in [4.78, 5) is 2.59. The Kier molecular flexibility index (Phi) is 4.82. The SMILES string of the molecule is CCC1CCCN1C(CN)c1ccc(C)cc1Br. The van der Waals surface area contributed by atoms with Crippen molar-refractivity contribution < 1.29 is 0 Å². The zero-order valence-electron chi connectivity index (χ0n) is 11.3. The van der Waals surface area contributed by atoms with Gasteiger partial charge in [0.25, 0.3) is 0 Å². The smallest absolute Gasteiger partial charge is 0.0484 e. The second kappa shape index (κ2) is 6.18. The van der Waals surface area contributed by atoms with E-state index in [2.05, 4.69) is 52.9 Å². The molecule has 0 aliphatic carbocycles. The minimum atomic E-state index is 0.354. The number of hydrogen-bond donors (Lipinski definition) is 1. The molecule has 0 bridgehead atoms. The van der Waals surface area contributed by atoms with Crippen molar-refractivity contribution in [3.8, 4) is 0 Å². The van der Waals surface area contributed by atoms with Crippen molar-refractivity contribution in [1.82, 2.24) is 4.90 Å². The number of rotatable bonds is 4. The second-order valence-electron chi connectivity index (χ2n) is 5.22. The van der Waals surface area contributed by atoms with Gasteiger partial charge in [-0.25, -0.2) is 0 Å². The summed E-state index contributed by atoms with van der Waals surface area (Å²) in [7, 11) is 0. The van der Waals surface area contributed by atoms with Gasteiger partial charge in [0, 0.05) is 23.1 Å². The predicted octanol–water partition coefficient (Wildman–Crippen LogP) is 3.63. The number of nitrogens with two attached hydrogens (primary N) is 1. The van der Waals surface area contributed by atoms with Crippen molar-refractivity contribution in [2.45, 2.75) is 45.2 Å². The van der Waals surface area contributed by atoms with Gasteiger partial charge in [0.1, 0.15) is 0 Å². The van der Waals surface area contributed by atoms with E-state index in [9.17, 15) is 0 Å². The number of aryl methyl sites for hydroxylation is 1. The summed E-state index contributed by atoms with van der Waals surface area (Å²) in [6.07, 6.45) is 3.84. The maximum absolute atomic E-state index is 6.05. The number of benzene rings is 1. The Hall–Kier alpha value is -0.380. The van der Waals surface area contributed by atoms with E-state index in [1.54, 1.807) is 0 Å². The maximum atomic E-state index is 6.05. The molecule has 0 amide bonds. The fraction of sp³-hybridized carbons (Fsp3) is 0.600. The number of halogens is 1. The summed E-state index contributed by atoms with van der Waals surface area (Å²) in [6.45, 7) is 6.27. The highest BCUT2D eigenvalue weighted by Gasteiger charge is 2.30. The molecule has 1 aromatic carbocycles. The average molecular weight is 311 g/mol. The van der Waals surface area contributed by atoms with Crippen LogP contribution in [0.25, 0.3) is 0 Å². The molecule has 2 rings (SSSR count). The van der Waals surface area contributed by atoms with Crippen molar-refractivity contribution in [3.63, 3.8) is 0 Å². The van der Waals surface area contributed by atoms with Gasteiger partial charge < -0.3 is 5.73 Å². The molecular weight excluding hydrogens is 288 g/mol. The number of nitrogens with zero attached hydrogens (tertiary/aromatic N) is 1. The van der Waals surface area contributed by atoms with Gasteiger partial charge in [0.05, 0.1) is 0 Å². The highest BCUT2D eigenvalue weighted by atomic mass is 79.9. The van der Waals surface area contributed by atoms with E-state index in [-0.39, 0.29) is 0 Å². The highest BCUT2D eigenvalue weighted by molar-refractivity contribution is 9.10. The van der Waals surface area contributed by atoms with Crippen molar-refractivity contribution in [2.75, 3.05) is 13.1 Å². The number of hydrogen-bond acceptors (Lipinski definition) is 2. The standard InChI is InChI=1S/C15H23BrN2/c1-3-12-5-4-8-18(12)15(10-17)13-7-6-11(2)9-14(13)16/h6-7,9,12,15H,3-5,8,10,17H2,1-2H3. The lowest BCUT2D eigenvalue weighted by Gasteiger charge is -2.33. The Labute approximate surface area is 119 Å². The third-order valence-electron chi connectivity index (χ3n) is 4.03. The first-order chi connectivity index (χ1) is 8.67. The van der Waals surface area contributed by atoms with Gasteiger partial charge in [0.2, 0.25) is 0 Å². The molecule has 2 N–H and O–H groups in total. The Morgan fingerprint density at radius 2 is 2.28 bits per heavy atom. The van der Waals surface area contributed by atoms with E-state index in [1.807, 2.05) is 0 Å². The molecule has 18 heavy (non-hydrogen) atoms. The van der Waals surface area contributed by atoms with Gasteiger partial charge in [-0.3, -0.25) is 4.90 Å². The summed E-state index contributed by atoms with van der Waals surface area (Å²) in [6, 6.07) is 7.65. The Bertz CT molecular complexity index is 405. The first-order valence-corrected chi connectivity index (χ1v) is 7.68. The van der Waals surface area contributed by atoms with Crippen LogP contribution in [-0.2, 0) is 0 Å². The fourth-order valence-electron chi connectivity index (χ4n) is 3.05. The molecule has 1 aliphatic rings. The van der Waals surface area contributed by atoms with Crippen LogP contribution in [0.15, 0.2) is 22.7 Å². The van der Waals surface area contributed by atoms with E-state index in [1.165, 1.54) is 41.4 Å². The van der Waals surface area contributed by atoms with Crippen LogP contribution in [0.5, 0.6) is 0 Å².